The average molecular weight is 402 g/mol. The molecule has 1 saturated heterocycles. The van der Waals surface area contributed by atoms with Gasteiger partial charge in [0.2, 0.25) is 6.29 Å². The van der Waals surface area contributed by atoms with Gasteiger partial charge in [-0.25, -0.2) is 0 Å². The summed E-state index contributed by atoms with van der Waals surface area (Å²) in [5.41, 5.74) is 0.746. The van der Waals surface area contributed by atoms with Crippen molar-refractivity contribution in [1.82, 2.24) is 0 Å². The van der Waals surface area contributed by atoms with Crippen LogP contribution in [0.5, 0.6) is 17.2 Å². The molecule has 1 fully saturated rings. The van der Waals surface area contributed by atoms with Gasteiger partial charge in [-0.3, -0.25) is 4.79 Å². The third kappa shape index (κ3) is 4.75. The zero-order valence-electron chi connectivity index (χ0n) is 15.5. The van der Waals surface area contributed by atoms with Gasteiger partial charge in [0.1, 0.15) is 35.6 Å². The van der Waals surface area contributed by atoms with E-state index >= 15 is 0 Å². The molecule has 2 aromatic carbocycles. The Labute approximate surface area is 166 Å². The Morgan fingerprint density at radius 1 is 1.00 bits per heavy atom. The number of aliphatic hydroxyl groups excluding tert-OH is 3. The molecule has 154 valence electrons. The number of aliphatic hydroxyl groups is 3. The van der Waals surface area contributed by atoms with E-state index in [0.29, 0.717) is 11.3 Å². The summed E-state index contributed by atoms with van der Waals surface area (Å²) in [6.07, 6.45) is -3.00. The maximum Gasteiger partial charge on any atom is 0.229 e. The summed E-state index contributed by atoms with van der Waals surface area (Å²) in [5.74, 6) is -0.509. The Hall–Kier alpha value is -2.91. The number of phenolic OH excluding ortho intramolecular Hbond substituents is 2. The number of aromatic hydroxyl groups is 2. The Balaban J connectivity index is 1.64. The number of phenols is 2. The van der Waals surface area contributed by atoms with Crippen molar-refractivity contribution in [3.8, 4) is 17.2 Å². The van der Waals surface area contributed by atoms with E-state index in [9.17, 15) is 30.3 Å². The van der Waals surface area contributed by atoms with Crippen molar-refractivity contribution in [2.45, 2.75) is 37.6 Å². The SMILES string of the molecule is C[C@H]1O[C@@H](Oc2ccc(/C=C/C(=O)c3ccc(O)cc3O)cc2)[C@H](O)[C@@H](O)[C@@H]1O. The lowest BCUT2D eigenvalue weighted by Gasteiger charge is -2.38. The monoisotopic (exact) mass is 402 g/mol. The van der Waals surface area contributed by atoms with Crippen LogP contribution in [-0.4, -0.2) is 62.0 Å². The highest BCUT2D eigenvalue weighted by atomic mass is 16.7. The van der Waals surface area contributed by atoms with Gasteiger partial charge in [0, 0.05) is 6.07 Å². The first kappa shape index (κ1) is 20.8. The third-order valence-electron chi connectivity index (χ3n) is 4.61. The highest BCUT2D eigenvalue weighted by Gasteiger charge is 2.43. The second-order valence-electron chi connectivity index (χ2n) is 6.77. The first-order valence-corrected chi connectivity index (χ1v) is 8.97. The second-order valence-corrected chi connectivity index (χ2v) is 6.77. The molecule has 8 nitrogen and oxygen atoms in total. The predicted octanol–water partition coefficient (Wildman–Crippen LogP) is 1.20. The van der Waals surface area contributed by atoms with Crippen molar-refractivity contribution in [2.75, 3.05) is 0 Å². The summed E-state index contributed by atoms with van der Waals surface area (Å²) < 4.78 is 10.9. The Morgan fingerprint density at radius 3 is 2.34 bits per heavy atom. The molecular weight excluding hydrogens is 380 g/mol. The molecule has 0 unspecified atom stereocenters. The van der Waals surface area contributed by atoms with Gasteiger partial charge in [-0.2, -0.15) is 0 Å². The number of hydrogen-bond donors (Lipinski definition) is 5. The number of rotatable bonds is 5. The van der Waals surface area contributed by atoms with Crippen LogP contribution < -0.4 is 4.74 Å². The fraction of sp³-hybridized carbons (Fsp3) is 0.286. The van der Waals surface area contributed by atoms with Crippen LogP contribution >= 0.6 is 0 Å². The summed E-state index contributed by atoms with van der Waals surface area (Å²) in [6, 6.07) is 10.3. The average Bonchev–Trinajstić information content (AvgIpc) is 2.69. The van der Waals surface area contributed by atoms with E-state index in [1.54, 1.807) is 37.3 Å². The molecule has 0 radical (unpaired) electrons. The van der Waals surface area contributed by atoms with Gasteiger partial charge in [-0.05, 0) is 42.8 Å². The van der Waals surface area contributed by atoms with Crippen molar-refractivity contribution in [2.24, 2.45) is 0 Å². The minimum Gasteiger partial charge on any atom is -0.508 e. The van der Waals surface area contributed by atoms with Gasteiger partial charge in [0.05, 0.1) is 11.7 Å². The summed E-state index contributed by atoms with van der Waals surface area (Å²) in [7, 11) is 0. The lowest BCUT2D eigenvalue weighted by Crippen LogP contribution is -2.58. The number of ketones is 1. The quantitative estimate of drug-likeness (QED) is 0.372. The molecule has 0 bridgehead atoms. The molecule has 2 aromatic rings. The van der Waals surface area contributed by atoms with Crippen molar-refractivity contribution in [3.05, 3.63) is 59.7 Å². The first-order valence-electron chi connectivity index (χ1n) is 8.97. The van der Waals surface area contributed by atoms with Gasteiger partial charge in [0.15, 0.2) is 5.78 Å². The fourth-order valence-electron chi connectivity index (χ4n) is 2.89. The van der Waals surface area contributed by atoms with Crippen molar-refractivity contribution in [1.29, 1.82) is 0 Å². The van der Waals surface area contributed by atoms with Crippen molar-refractivity contribution in [3.63, 3.8) is 0 Å². The molecular formula is C21H22O8. The maximum absolute atomic E-state index is 12.2. The van der Waals surface area contributed by atoms with Gasteiger partial charge in [-0.1, -0.05) is 18.2 Å². The first-order chi connectivity index (χ1) is 13.8. The van der Waals surface area contributed by atoms with Crippen LogP contribution in [0.3, 0.4) is 0 Å². The van der Waals surface area contributed by atoms with Gasteiger partial charge < -0.3 is 35.0 Å². The van der Waals surface area contributed by atoms with Crippen LogP contribution in [0.25, 0.3) is 6.08 Å². The summed E-state index contributed by atoms with van der Waals surface area (Å²) in [4.78, 5) is 12.2. The number of hydrogen-bond acceptors (Lipinski definition) is 8. The molecule has 1 aliphatic rings. The van der Waals surface area contributed by atoms with Crippen LogP contribution in [0.4, 0.5) is 0 Å². The molecule has 8 heteroatoms. The van der Waals surface area contributed by atoms with Gasteiger partial charge in [-0.15, -0.1) is 0 Å². The Kier molecular flexibility index (Phi) is 6.19. The molecule has 5 atom stereocenters. The number of allylic oxidation sites excluding steroid dienone is 1. The van der Waals surface area contributed by atoms with E-state index in [1.807, 2.05) is 0 Å². The molecule has 0 aliphatic carbocycles. The van der Waals surface area contributed by atoms with Crippen LogP contribution in [0.2, 0.25) is 0 Å². The van der Waals surface area contributed by atoms with Crippen LogP contribution in [0.1, 0.15) is 22.8 Å². The Bertz CT molecular complexity index is 892. The van der Waals surface area contributed by atoms with Crippen LogP contribution in [-0.2, 0) is 4.74 Å². The molecule has 1 aliphatic heterocycles. The third-order valence-corrected chi connectivity index (χ3v) is 4.61. The standard InChI is InChI=1S/C21H22O8/c1-11-18(25)19(26)20(27)21(28-11)29-14-6-2-12(3-7-14)4-9-16(23)15-8-5-13(22)10-17(15)24/h2-11,18-22,24-27H,1H3/b9-4+/t11-,18-,19+,20-,21+/m1/s1. The minimum absolute atomic E-state index is 0.0669. The summed E-state index contributed by atoms with van der Waals surface area (Å²) in [6.45, 7) is 1.56. The van der Waals surface area contributed by atoms with Gasteiger partial charge >= 0.3 is 0 Å². The molecule has 5 N–H and O–H groups in total. The molecule has 29 heavy (non-hydrogen) atoms. The molecule has 0 amide bonds. The number of ether oxygens (including phenoxy) is 2. The minimum atomic E-state index is -1.41. The maximum atomic E-state index is 12.2. The zero-order chi connectivity index (χ0) is 21.1. The zero-order valence-corrected chi connectivity index (χ0v) is 15.5. The van der Waals surface area contributed by atoms with E-state index in [-0.39, 0.29) is 17.1 Å². The lowest BCUT2D eigenvalue weighted by molar-refractivity contribution is -0.268. The largest absolute Gasteiger partial charge is 0.508 e. The predicted molar refractivity (Wildman–Crippen MR) is 103 cm³/mol. The van der Waals surface area contributed by atoms with Crippen LogP contribution in [0.15, 0.2) is 48.5 Å². The highest BCUT2D eigenvalue weighted by Crippen LogP contribution is 2.25. The van der Waals surface area contributed by atoms with Gasteiger partial charge in [0.25, 0.3) is 0 Å². The van der Waals surface area contributed by atoms with E-state index in [1.165, 1.54) is 18.2 Å². The number of carbonyl (C=O) groups is 1. The van der Waals surface area contributed by atoms with E-state index in [2.05, 4.69) is 0 Å². The number of carbonyl (C=O) groups excluding carboxylic acids is 1. The molecule has 3 rings (SSSR count). The summed E-state index contributed by atoms with van der Waals surface area (Å²) in [5, 5.41) is 48.5. The van der Waals surface area contributed by atoms with E-state index < -0.39 is 36.5 Å². The summed E-state index contributed by atoms with van der Waals surface area (Å²) >= 11 is 0. The smallest absolute Gasteiger partial charge is 0.229 e. The molecule has 0 aromatic heterocycles. The topological polar surface area (TPSA) is 137 Å². The molecule has 0 spiro atoms. The second kappa shape index (κ2) is 8.62. The fourth-order valence-corrected chi connectivity index (χ4v) is 2.89. The van der Waals surface area contributed by atoms with Crippen molar-refractivity contribution < 1.29 is 39.8 Å². The highest BCUT2D eigenvalue weighted by molar-refractivity contribution is 6.08. The molecule has 0 saturated carbocycles. The number of benzene rings is 2. The molecule has 1 heterocycles. The lowest BCUT2D eigenvalue weighted by atomic mass is 10.00. The van der Waals surface area contributed by atoms with E-state index in [4.69, 9.17) is 9.47 Å². The van der Waals surface area contributed by atoms with Crippen LogP contribution in [0, 0.1) is 0 Å². The Morgan fingerprint density at radius 2 is 1.69 bits per heavy atom. The van der Waals surface area contributed by atoms with E-state index in [0.717, 1.165) is 6.07 Å². The van der Waals surface area contributed by atoms with Crippen molar-refractivity contribution >= 4 is 11.9 Å². The normalized spacial score (nSPS) is 27.1.